The highest BCUT2D eigenvalue weighted by Gasteiger charge is 2.15. The Kier molecular flexibility index (Phi) is 5.37. The molecule has 3 rings (SSSR count). The average Bonchev–Trinajstić information content (AvgIpc) is 3.06. The van der Waals surface area contributed by atoms with Gasteiger partial charge in [0.1, 0.15) is 17.6 Å². The lowest BCUT2D eigenvalue weighted by molar-refractivity contribution is -0.145. The molecule has 0 atom stereocenters. The van der Waals surface area contributed by atoms with Gasteiger partial charge in [0.25, 0.3) is 0 Å². The molecule has 0 unspecified atom stereocenters. The van der Waals surface area contributed by atoms with Crippen LogP contribution >= 0.6 is 11.3 Å². The van der Waals surface area contributed by atoms with E-state index in [0.717, 1.165) is 10.6 Å². The lowest BCUT2D eigenvalue weighted by Gasteiger charge is -2.11. The number of nitrogens with zero attached hydrogens (tertiary/aromatic N) is 1. The van der Waals surface area contributed by atoms with Gasteiger partial charge in [0.05, 0.1) is 28.3 Å². The molecule has 136 valence electrons. The topological polar surface area (TPSA) is 78.6 Å². The molecule has 26 heavy (non-hydrogen) atoms. The van der Waals surface area contributed by atoms with E-state index < -0.39 is 5.97 Å². The van der Waals surface area contributed by atoms with Gasteiger partial charge in [0, 0.05) is 11.4 Å². The van der Waals surface area contributed by atoms with E-state index in [1.807, 2.05) is 19.2 Å². The van der Waals surface area contributed by atoms with Crippen molar-refractivity contribution >= 4 is 28.3 Å². The predicted molar refractivity (Wildman–Crippen MR) is 99.8 cm³/mol. The fourth-order valence-electron chi connectivity index (χ4n) is 2.62. The van der Waals surface area contributed by atoms with Crippen LogP contribution in [-0.2, 0) is 16.0 Å². The van der Waals surface area contributed by atoms with Gasteiger partial charge >= 0.3 is 5.97 Å². The van der Waals surface area contributed by atoms with Crippen LogP contribution in [0.3, 0.4) is 0 Å². The number of esters is 1. The molecule has 2 heterocycles. The molecule has 2 aromatic heterocycles. The average molecular weight is 373 g/mol. The molecule has 0 aliphatic rings. The van der Waals surface area contributed by atoms with E-state index in [2.05, 4.69) is 4.98 Å². The maximum Gasteiger partial charge on any atom is 0.344 e. The molecule has 0 fully saturated rings. The Bertz CT molecular complexity index is 1000. The van der Waals surface area contributed by atoms with Gasteiger partial charge in [-0.1, -0.05) is 6.92 Å². The highest BCUT2D eigenvalue weighted by molar-refractivity contribution is 7.09. The van der Waals surface area contributed by atoms with Gasteiger partial charge in [-0.15, -0.1) is 11.3 Å². The van der Waals surface area contributed by atoms with Crippen LogP contribution < -0.4 is 10.2 Å². The number of hydrogen-bond donors (Lipinski definition) is 0. The first kappa shape index (κ1) is 18.1. The number of fused-ring (bicyclic) bond motifs is 1. The summed E-state index contributed by atoms with van der Waals surface area (Å²) in [5.41, 5.74) is 2.14. The number of aromatic nitrogens is 1. The van der Waals surface area contributed by atoms with Gasteiger partial charge in [-0.2, -0.15) is 0 Å². The van der Waals surface area contributed by atoms with E-state index in [1.54, 1.807) is 19.1 Å². The SMILES string of the molecule is CCOC(=O)COc1cc2occ(-c3csc(C)n3)c(=O)c2cc1CC. The van der Waals surface area contributed by atoms with Gasteiger partial charge < -0.3 is 13.9 Å². The van der Waals surface area contributed by atoms with Crippen LogP contribution in [0, 0.1) is 6.92 Å². The first-order valence-electron chi connectivity index (χ1n) is 8.32. The van der Waals surface area contributed by atoms with Crippen LogP contribution in [-0.4, -0.2) is 24.2 Å². The monoisotopic (exact) mass is 373 g/mol. The van der Waals surface area contributed by atoms with Crippen molar-refractivity contribution in [3.05, 3.63) is 44.6 Å². The molecule has 7 heteroatoms. The highest BCUT2D eigenvalue weighted by Crippen LogP contribution is 2.27. The zero-order valence-electron chi connectivity index (χ0n) is 14.8. The number of ether oxygens (including phenoxy) is 2. The number of hydrogen-bond acceptors (Lipinski definition) is 7. The van der Waals surface area contributed by atoms with Crippen LogP contribution in [0.15, 0.2) is 33.0 Å². The molecule has 0 saturated heterocycles. The summed E-state index contributed by atoms with van der Waals surface area (Å²) in [5, 5.41) is 3.19. The standard InChI is InChI=1S/C19H19NO5S/c1-4-12-6-13-17(7-16(12)25-9-18(21)23-5-2)24-8-14(19(13)22)15-10-26-11(3)20-15/h6-8,10H,4-5,9H2,1-3H3. The number of benzene rings is 1. The second-order valence-corrected chi connectivity index (χ2v) is 6.70. The summed E-state index contributed by atoms with van der Waals surface area (Å²) in [6.45, 7) is 5.69. The predicted octanol–water partition coefficient (Wildman–Crippen LogP) is 3.73. The van der Waals surface area contributed by atoms with Crippen molar-refractivity contribution in [1.29, 1.82) is 0 Å². The minimum atomic E-state index is -0.439. The molecule has 0 bridgehead atoms. The highest BCUT2D eigenvalue weighted by atomic mass is 32.1. The van der Waals surface area contributed by atoms with Crippen LogP contribution in [0.1, 0.15) is 24.4 Å². The second kappa shape index (κ2) is 7.70. The van der Waals surface area contributed by atoms with Crippen molar-refractivity contribution in [1.82, 2.24) is 4.98 Å². The van der Waals surface area contributed by atoms with E-state index in [9.17, 15) is 9.59 Å². The summed E-state index contributed by atoms with van der Waals surface area (Å²) in [6.07, 6.45) is 2.06. The largest absolute Gasteiger partial charge is 0.481 e. The summed E-state index contributed by atoms with van der Waals surface area (Å²) in [6, 6.07) is 3.40. The van der Waals surface area contributed by atoms with Crippen LogP contribution in [0.25, 0.3) is 22.2 Å². The first-order chi connectivity index (χ1) is 12.5. The van der Waals surface area contributed by atoms with Crippen molar-refractivity contribution < 1.29 is 18.7 Å². The van der Waals surface area contributed by atoms with Crippen molar-refractivity contribution in [2.45, 2.75) is 27.2 Å². The maximum absolute atomic E-state index is 12.9. The summed E-state index contributed by atoms with van der Waals surface area (Å²) in [5.74, 6) is 0.0683. The van der Waals surface area contributed by atoms with Gasteiger partial charge in [-0.3, -0.25) is 4.79 Å². The molecule has 0 radical (unpaired) electrons. The quantitative estimate of drug-likeness (QED) is 0.613. The first-order valence-corrected chi connectivity index (χ1v) is 9.20. The van der Waals surface area contributed by atoms with Crippen LogP contribution in [0.4, 0.5) is 0 Å². The lowest BCUT2D eigenvalue weighted by Crippen LogP contribution is -2.15. The van der Waals surface area contributed by atoms with Crippen molar-refractivity contribution in [3.8, 4) is 17.0 Å². The molecular formula is C19H19NO5S. The Labute approximate surface area is 154 Å². The van der Waals surface area contributed by atoms with Gasteiger partial charge in [0.2, 0.25) is 5.43 Å². The lowest BCUT2D eigenvalue weighted by atomic mass is 10.1. The van der Waals surface area contributed by atoms with Crippen molar-refractivity contribution in [2.75, 3.05) is 13.2 Å². The number of rotatable bonds is 6. The Morgan fingerprint density at radius 1 is 1.31 bits per heavy atom. The van der Waals surface area contributed by atoms with Crippen LogP contribution in [0.5, 0.6) is 5.75 Å². The molecule has 1 aromatic carbocycles. The zero-order valence-corrected chi connectivity index (χ0v) is 15.6. The van der Waals surface area contributed by atoms with Crippen LogP contribution in [0.2, 0.25) is 0 Å². The van der Waals surface area contributed by atoms with Gasteiger partial charge in [-0.05, 0) is 31.9 Å². The number of carbonyl (C=O) groups excluding carboxylic acids is 1. The fourth-order valence-corrected chi connectivity index (χ4v) is 3.23. The third kappa shape index (κ3) is 3.62. The van der Waals surface area contributed by atoms with Crippen molar-refractivity contribution in [2.24, 2.45) is 0 Å². The number of thiazole rings is 1. The smallest absolute Gasteiger partial charge is 0.344 e. The van der Waals surface area contributed by atoms with Gasteiger partial charge in [-0.25, -0.2) is 9.78 Å². The molecular weight excluding hydrogens is 354 g/mol. The summed E-state index contributed by atoms with van der Waals surface area (Å²) in [4.78, 5) is 28.7. The van der Waals surface area contributed by atoms with Crippen molar-refractivity contribution in [3.63, 3.8) is 0 Å². The minimum Gasteiger partial charge on any atom is -0.481 e. The van der Waals surface area contributed by atoms with E-state index in [4.69, 9.17) is 13.9 Å². The summed E-state index contributed by atoms with van der Waals surface area (Å²) < 4.78 is 16.1. The second-order valence-electron chi connectivity index (χ2n) is 5.63. The molecule has 6 nitrogen and oxygen atoms in total. The molecule has 0 aliphatic carbocycles. The Hall–Kier alpha value is -2.67. The molecule has 0 spiro atoms. The third-order valence-electron chi connectivity index (χ3n) is 3.88. The van der Waals surface area contributed by atoms with E-state index in [1.165, 1.54) is 17.6 Å². The maximum atomic E-state index is 12.9. The minimum absolute atomic E-state index is 0.136. The van der Waals surface area contributed by atoms with E-state index >= 15 is 0 Å². The van der Waals surface area contributed by atoms with Gasteiger partial charge in [0.15, 0.2) is 6.61 Å². The van der Waals surface area contributed by atoms with E-state index in [0.29, 0.717) is 41.0 Å². The third-order valence-corrected chi connectivity index (χ3v) is 4.66. The molecule has 0 N–H and O–H groups in total. The number of aryl methyl sites for hydroxylation is 2. The number of carbonyl (C=O) groups is 1. The molecule has 0 amide bonds. The zero-order chi connectivity index (χ0) is 18.7. The Balaban J connectivity index is 2.01. The normalized spacial score (nSPS) is 10.9. The Morgan fingerprint density at radius 2 is 2.12 bits per heavy atom. The van der Waals surface area contributed by atoms with E-state index in [-0.39, 0.29) is 12.0 Å². The summed E-state index contributed by atoms with van der Waals surface area (Å²) >= 11 is 1.48. The summed E-state index contributed by atoms with van der Waals surface area (Å²) in [7, 11) is 0. The Morgan fingerprint density at radius 3 is 2.77 bits per heavy atom. The molecule has 3 aromatic rings. The molecule has 0 saturated carbocycles. The molecule has 0 aliphatic heterocycles. The fraction of sp³-hybridized carbons (Fsp3) is 0.316.